The van der Waals surface area contributed by atoms with Gasteiger partial charge in [-0.15, -0.1) is 0 Å². The average molecular weight is 290 g/mol. The molecule has 1 amide bonds. The topological polar surface area (TPSA) is 86.7 Å². The predicted molar refractivity (Wildman–Crippen MR) is 79.1 cm³/mol. The van der Waals surface area contributed by atoms with Crippen LogP contribution in [-0.4, -0.2) is 22.8 Å². The van der Waals surface area contributed by atoms with E-state index >= 15 is 0 Å². The number of alkyl carbamates (subject to hydrolysis) is 1. The lowest BCUT2D eigenvalue weighted by Crippen LogP contribution is -2.41. The number of aliphatic hydroxyl groups excluding tert-OH is 1. The molecule has 0 heterocycles. The molecule has 0 fully saturated rings. The van der Waals surface area contributed by atoms with Crippen molar-refractivity contribution in [1.82, 2.24) is 5.32 Å². The molecule has 1 aromatic rings. The first-order chi connectivity index (χ1) is 9.81. The number of rotatable bonds is 4. The molecule has 0 aromatic heterocycles. The van der Waals surface area contributed by atoms with E-state index in [9.17, 15) is 9.90 Å². The molecule has 112 valence electrons. The van der Waals surface area contributed by atoms with E-state index < -0.39 is 17.7 Å². The summed E-state index contributed by atoms with van der Waals surface area (Å²) in [5.41, 5.74) is 0.277. The number of carbonyl (C=O) groups excluding carboxylic acids is 1. The Morgan fingerprint density at radius 3 is 2.57 bits per heavy atom. The fraction of sp³-hybridized carbons (Fsp3) is 0.400. The maximum atomic E-state index is 11.8. The van der Waals surface area contributed by atoms with E-state index in [4.69, 9.17) is 10.1 Å². The van der Waals surface area contributed by atoms with Crippen molar-refractivity contribution in [2.75, 3.05) is 0 Å². The van der Waals surface area contributed by atoms with Crippen LogP contribution in [-0.2, 0) is 11.2 Å². The monoisotopic (exact) mass is 290 g/mol. The SMILES string of the molecule is CC(C)(C)OC(=O)N[C@@H](Cc1ccccc1)/C(O)=C/[N+]#N. The number of hydrogen-bond donors (Lipinski definition) is 2. The third-order valence-corrected chi connectivity index (χ3v) is 2.52. The Morgan fingerprint density at radius 2 is 2.05 bits per heavy atom. The van der Waals surface area contributed by atoms with Gasteiger partial charge < -0.3 is 15.2 Å². The van der Waals surface area contributed by atoms with E-state index in [2.05, 4.69) is 10.3 Å². The number of amides is 1. The molecule has 0 unspecified atom stereocenters. The van der Waals surface area contributed by atoms with Gasteiger partial charge in [0.2, 0.25) is 11.2 Å². The summed E-state index contributed by atoms with van der Waals surface area (Å²) in [5, 5.41) is 20.9. The number of diazo groups is 1. The zero-order valence-corrected chi connectivity index (χ0v) is 12.4. The van der Waals surface area contributed by atoms with Gasteiger partial charge in [0.1, 0.15) is 11.6 Å². The van der Waals surface area contributed by atoms with Crippen LogP contribution in [0.2, 0.25) is 0 Å². The number of hydrogen-bond acceptors (Lipinski definition) is 4. The summed E-state index contributed by atoms with van der Waals surface area (Å²) in [5.74, 6) is -0.257. The molecule has 0 saturated carbocycles. The molecule has 0 spiro atoms. The summed E-state index contributed by atoms with van der Waals surface area (Å²) in [6.07, 6.45) is 0.574. The van der Waals surface area contributed by atoms with Crippen LogP contribution in [0.5, 0.6) is 0 Å². The van der Waals surface area contributed by atoms with Gasteiger partial charge >= 0.3 is 12.3 Å². The zero-order valence-electron chi connectivity index (χ0n) is 12.4. The molecule has 1 aromatic carbocycles. The molecule has 0 aliphatic heterocycles. The number of carbonyl (C=O) groups is 1. The van der Waals surface area contributed by atoms with Crippen LogP contribution in [0.25, 0.3) is 4.98 Å². The minimum atomic E-state index is -0.738. The molecule has 6 heteroatoms. The highest BCUT2D eigenvalue weighted by molar-refractivity contribution is 5.68. The van der Waals surface area contributed by atoms with E-state index in [1.54, 1.807) is 20.8 Å². The van der Waals surface area contributed by atoms with Crippen LogP contribution >= 0.6 is 0 Å². The quantitative estimate of drug-likeness (QED) is 0.657. The fourth-order valence-electron chi connectivity index (χ4n) is 1.68. The van der Waals surface area contributed by atoms with E-state index in [-0.39, 0.29) is 5.76 Å². The van der Waals surface area contributed by atoms with Gasteiger partial charge in [-0.05, 0) is 26.3 Å². The highest BCUT2D eigenvalue weighted by Gasteiger charge is 2.24. The summed E-state index contributed by atoms with van der Waals surface area (Å²) in [7, 11) is 0. The van der Waals surface area contributed by atoms with Crippen LogP contribution in [0.1, 0.15) is 26.3 Å². The zero-order chi connectivity index (χ0) is 15.9. The number of nitrogens with one attached hydrogen (secondary N) is 1. The molecule has 1 atom stereocenters. The van der Waals surface area contributed by atoms with Crippen molar-refractivity contribution >= 4 is 6.09 Å². The minimum absolute atomic E-state index is 0.257. The fourth-order valence-corrected chi connectivity index (χ4v) is 1.68. The van der Waals surface area contributed by atoms with Gasteiger partial charge in [0.05, 0.1) is 0 Å². The van der Waals surface area contributed by atoms with E-state index in [1.165, 1.54) is 0 Å². The van der Waals surface area contributed by atoms with Gasteiger partial charge in [-0.1, -0.05) is 30.3 Å². The summed E-state index contributed by atoms with van der Waals surface area (Å²) >= 11 is 0. The molecule has 0 aliphatic carbocycles. The Morgan fingerprint density at radius 1 is 1.43 bits per heavy atom. The lowest BCUT2D eigenvalue weighted by molar-refractivity contribution is 0.0501. The molecule has 1 rings (SSSR count). The maximum absolute atomic E-state index is 11.8. The van der Waals surface area contributed by atoms with Crippen molar-refractivity contribution in [3.63, 3.8) is 0 Å². The minimum Gasteiger partial charge on any atom is -0.504 e. The summed E-state index contributed by atoms with van der Waals surface area (Å²) in [4.78, 5) is 14.6. The smallest absolute Gasteiger partial charge is 0.408 e. The number of benzene rings is 1. The number of ether oxygens (including phenoxy) is 1. The Bertz CT molecular complexity index is 542. The highest BCUT2D eigenvalue weighted by atomic mass is 16.6. The first-order valence-electron chi connectivity index (χ1n) is 6.58. The molecular formula is C15H20N3O3+. The van der Waals surface area contributed by atoms with Crippen molar-refractivity contribution in [3.8, 4) is 0 Å². The first-order valence-corrected chi connectivity index (χ1v) is 6.58. The second-order valence-electron chi connectivity index (χ2n) is 5.56. The summed E-state index contributed by atoms with van der Waals surface area (Å²) in [6.45, 7) is 5.24. The van der Waals surface area contributed by atoms with Crippen LogP contribution in [0.3, 0.4) is 0 Å². The highest BCUT2D eigenvalue weighted by Crippen LogP contribution is 2.11. The van der Waals surface area contributed by atoms with Gasteiger partial charge in [0, 0.05) is 6.42 Å². The molecule has 0 aliphatic rings. The second kappa shape index (κ2) is 7.29. The van der Waals surface area contributed by atoms with Gasteiger partial charge in [-0.25, -0.2) is 4.79 Å². The number of aliphatic hydroxyl groups is 1. The molecule has 0 saturated heterocycles. The van der Waals surface area contributed by atoms with Crippen LogP contribution in [0.15, 0.2) is 42.3 Å². The molecule has 0 radical (unpaired) electrons. The Hall–Kier alpha value is -2.55. The van der Waals surface area contributed by atoms with Gasteiger partial charge in [0.15, 0.2) is 4.98 Å². The van der Waals surface area contributed by atoms with Crippen molar-refractivity contribution in [1.29, 1.82) is 5.39 Å². The van der Waals surface area contributed by atoms with Crippen molar-refractivity contribution < 1.29 is 14.6 Å². The van der Waals surface area contributed by atoms with E-state index in [0.717, 1.165) is 11.8 Å². The Labute approximate surface area is 124 Å². The van der Waals surface area contributed by atoms with E-state index in [1.807, 2.05) is 30.3 Å². The normalized spacial score (nSPS) is 13.1. The standard InChI is InChI=1S/C15H19N3O3/c1-15(2,3)21-14(20)18-12(13(19)10-17-16)9-11-7-5-4-6-8-11/h4-8,10,12H,9H2,1-3H3,(H-,18,19,20)/p+1/b13-10-/t12-/m0/s1. The summed E-state index contributed by atoms with van der Waals surface area (Å²) in [6, 6.07) is 8.59. The number of nitrogens with zero attached hydrogens (tertiary/aromatic N) is 2. The van der Waals surface area contributed by atoms with Crippen LogP contribution in [0.4, 0.5) is 4.79 Å². The van der Waals surface area contributed by atoms with Crippen LogP contribution in [0, 0.1) is 5.39 Å². The van der Waals surface area contributed by atoms with Crippen molar-refractivity contribution in [3.05, 3.63) is 52.8 Å². The lowest BCUT2D eigenvalue weighted by atomic mass is 10.0. The van der Waals surface area contributed by atoms with Gasteiger partial charge in [-0.3, -0.25) is 0 Å². The molecule has 2 N–H and O–H groups in total. The van der Waals surface area contributed by atoms with Crippen LogP contribution < -0.4 is 5.32 Å². The average Bonchev–Trinajstić information content (AvgIpc) is 2.37. The Balaban J connectivity index is 2.81. The van der Waals surface area contributed by atoms with Crippen molar-refractivity contribution in [2.45, 2.75) is 38.8 Å². The third-order valence-electron chi connectivity index (χ3n) is 2.52. The van der Waals surface area contributed by atoms with E-state index in [0.29, 0.717) is 6.42 Å². The lowest BCUT2D eigenvalue weighted by Gasteiger charge is -2.22. The molecule has 21 heavy (non-hydrogen) atoms. The molecule has 0 bridgehead atoms. The van der Waals surface area contributed by atoms with Gasteiger partial charge in [0.25, 0.3) is 0 Å². The second-order valence-corrected chi connectivity index (χ2v) is 5.56. The Kier molecular flexibility index (Phi) is 5.73. The van der Waals surface area contributed by atoms with Crippen molar-refractivity contribution in [2.24, 2.45) is 0 Å². The van der Waals surface area contributed by atoms with Gasteiger partial charge in [-0.2, -0.15) is 0 Å². The predicted octanol–water partition coefficient (Wildman–Crippen LogP) is 3.37. The first kappa shape index (κ1) is 16.5. The molecular weight excluding hydrogens is 270 g/mol. The largest absolute Gasteiger partial charge is 0.504 e. The third kappa shape index (κ3) is 6.43. The summed E-state index contributed by atoms with van der Waals surface area (Å²) < 4.78 is 5.15. The molecule has 6 nitrogen and oxygen atoms in total. The maximum Gasteiger partial charge on any atom is 0.408 e.